The number of thioether (sulfide) groups is 1. The highest BCUT2D eigenvalue weighted by atomic mass is 32.2. The molecule has 16 heteroatoms. The third kappa shape index (κ3) is 7.72. The SMILES string of the molecule is CC(C)CC(F)F.O=C1NCC(c2nc(-c3sc4c(NC5CCNCC5F)cccc4c3SC(F)(F)F)no2)N1. The lowest BCUT2D eigenvalue weighted by Crippen LogP contribution is -2.45. The minimum Gasteiger partial charge on any atom is -0.378 e. The summed E-state index contributed by atoms with van der Waals surface area (Å²) in [5, 5.41) is 15.5. The molecule has 2 amide bonds. The van der Waals surface area contributed by atoms with Gasteiger partial charge >= 0.3 is 11.5 Å². The van der Waals surface area contributed by atoms with Crippen LogP contribution >= 0.6 is 23.1 Å². The van der Waals surface area contributed by atoms with Gasteiger partial charge in [0.15, 0.2) is 0 Å². The summed E-state index contributed by atoms with van der Waals surface area (Å²) in [6.07, 6.45) is -2.66. The summed E-state index contributed by atoms with van der Waals surface area (Å²) in [6, 6.07) is 3.54. The Morgan fingerprint density at radius 2 is 2.02 bits per heavy atom. The number of amides is 2. The van der Waals surface area contributed by atoms with Crippen molar-refractivity contribution in [1.29, 1.82) is 0 Å². The topological polar surface area (TPSA) is 104 Å². The second-order valence-electron chi connectivity index (χ2n) is 9.63. The average Bonchev–Trinajstić information content (AvgIpc) is 3.58. The number of thiophene rings is 1. The fourth-order valence-electron chi connectivity index (χ4n) is 4.19. The van der Waals surface area contributed by atoms with Gasteiger partial charge in [-0.1, -0.05) is 31.1 Å². The van der Waals surface area contributed by atoms with Crippen LogP contribution in [0.25, 0.3) is 20.8 Å². The van der Waals surface area contributed by atoms with Crippen LogP contribution in [0, 0.1) is 5.92 Å². The van der Waals surface area contributed by atoms with Gasteiger partial charge < -0.3 is 25.8 Å². The normalized spacial score (nSPS) is 21.4. The average molecular weight is 611 g/mol. The van der Waals surface area contributed by atoms with Crippen molar-refractivity contribution in [1.82, 2.24) is 26.1 Å². The van der Waals surface area contributed by atoms with Crippen LogP contribution in [0.15, 0.2) is 27.6 Å². The van der Waals surface area contributed by atoms with E-state index in [1.165, 1.54) is 0 Å². The largest absolute Gasteiger partial charge is 0.446 e. The van der Waals surface area contributed by atoms with Gasteiger partial charge in [-0.05, 0) is 36.7 Å². The van der Waals surface area contributed by atoms with E-state index in [2.05, 4.69) is 31.4 Å². The number of fused-ring (bicyclic) bond motifs is 1. The van der Waals surface area contributed by atoms with Crippen LogP contribution in [0.1, 0.15) is 38.6 Å². The molecule has 3 atom stereocenters. The molecule has 2 aliphatic rings. The van der Waals surface area contributed by atoms with Gasteiger partial charge in [0, 0.05) is 29.8 Å². The van der Waals surface area contributed by atoms with Crippen molar-refractivity contribution < 1.29 is 35.7 Å². The van der Waals surface area contributed by atoms with Crippen molar-refractivity contribution in [3.05, 3.63) is 24.1 Å². The van der Waals surface area contributed by atoms with Crippen LogP contribution in [-0.2, 0) is 0 Å². The Bertz CT molecular complexity index is 1290. The molecule has 2 aliphatic heterocycles. The molecule has 4 heterocycles. The molecular weight excluding hydrogens is 582 g/mol. The predicted molar refractivity (Wildman–Crippen MR) is 142 cm³/mol. The Hall–Kier alpha value is -2.72. The Kier molecular flexibility index (Phi) is 9.72. The van der Waals surface area contributed by atoms with Crippen molar-refractivity contribution in [2.45, 2.75) is 61.8 Å². The van der Waals surface area contributed by atoms with Crippen molar-refractivity contribution in [3.63, 3.8) is 0 Å². The van der Waals surface area contributed by atoms with Gasteiger partial charge in [-0.2, -0.15) is 18.2 Å². The Morgan fingerprint density at radius 3 is 2.62 bits per heavy atom. The smallest absolute Gasteiger partial charge is 0.378 e. The van der Waals surface area contributed by atoms with Gasteiger partial charge in [-0.3, -0.25) is 0 Å². The van der Waals surface area contributed by atoms with E-state index >= 15 is 0 Å². The molecule has 220 valence electrons. The first-order valence-electron chi connectivity index (χ1n) is 12.5. The first-order chi connectivity index (χ1) is 18.9. The number of carbonyl (C=O) groups excluding carboxylic acids is 1. The molecule has 2 saturated heterocycles. The number of hydrogen-bond donors (Lipinski definition) is 4. The minimum atomic E-state index is -4.54. The highest BCUT2D eigenvalue weighted by molar-refractivity contribution is 8.00. The molecule has 5 rings (SSSR count). The molecule has 0 bridgehead atoms. The number of piperidine rings is 1. The van der Waals surface area contributed by atoms with Crippen molar-refractivity contribution >= 4 is 44.9 Å². The molecule has 0 saturated carbocycles. The van der Waals surface area contributed by atoms with Crippen LogP contribution in [0.4, 0.5) is 36.8 Å². The Balaban J connectivity index is 0.000000470. The lowest BCUT2D eigenvalue weighted by Gasteiger charge is -2.28. The number of benzene rings is 1. The molecule has 8 nitrogen and oxygen atoms in total. The number of carbonyl (C=O) groups is 1. The summed E-state index contributed by atoms with van der Waals surface area (Å²) in [7, 11) is 0. The van der Waals surface area contributed by atoms with Crippen LogP contribution in [0.5, 0.6) is 0 Å². The zero-order chi connectivity index (χ0) is 29.0. The molecule has 0 spiro atoms. The predicted octanol–water partition coefficient (Wildman–Crippen LogP) is 6.33. The highest BCUT2D eigenvalue weighted by Crippen LogP contribution is 2.50. The first-order valence-corrected chi connectivity index (χ1v) is 14.1. The summed E-state index contributed by atoms with van der Waals surface area (Å²) >= 11 is 0.832. The second-order valence-corrected chi connectivity index (χ2v) is 11.7. The van der Waals surface area contributed by atoms with E-state index in [9.17, 15) is 31.1 Å². The number of aromatic nitrogens is 2. The minimum absolute atomic E-state index is 0.00437. The molecular formula is C24H28F6N6O2S2. The lowest BCUT2D eigenvalue weighted by molar-refractivity contribution is -0.0327. The molecule has 2 aromatic heterocycles. The molecule has 2 fully saturated rings. The molecule has 3 unspecified atom stereocenters. The molecule has 40 heavy (non-hydrogen) atoms. The van der Waals surface area contributed by atoms with E-state index in [-0.39, 0.29) is 58.7 Å². The van der Waals surface area contributed by atoms with Gasteiger partial charge in [0.05, 0.1) is 21.3 Å². The van der Waals surface area contributed by atoms with Crippen LogP contribution < -0.4 is 21.3 Å². The molecule has 3 aromatic rings. The number of nitrogens with one attached hydrogen (secondary N) is 4. The van der Waals surface area contributed by atoms with E-state index in [0.29, 0.717) is 28.7 Å². The number of hydrogen-bond acceptors (Lipinski definition) is 8. The summed E-state index contributed by atoms with van der Waals surface area (Å²) in [6.45, 7) is 4.66. The quantitative estimate of drug-likeness (QED) is 0.183. The van der Waals surface area contributed by atoms with E-state index in [1.807, 2.05) is 0 Å². The lowest BCUT2D eigenvalue weighted by atomic mass is 10.0. The standard InChI is InChI=1S/C19H18F4N6O2S2.C5H10F2/c20-9-6-24-5-4-10(9)26-11-3-1-2-8-13(11)32-15(14(8)33-19(21,22)23)16-28-17(31-29-16)12-7-25-18(30)27-12;1-4(2)3-5(6)7/h1-3,9-10,12,24,26H,4-7H2,(H2,25,27,30);4-5H,3H2,1-2H3. The third-order valence-electron chi connectivity index (χ3n) is 6.00. The number of halogens is 6. The summed E-state index contributed by atoms with van der Waals surface area (Å²) in [5.74, 6) is 0.215. The second kappa shape index (κ2) is 12.9. The van der Waals surface area contributed by atoms with Crippen LogP contribution in [-0.4, -0.2) is 60.0 Å². The summed E-state index contributed by atoms with van der Waals surface area (Å²) < 4.78 is 83.0. The maximum absolute atomic E-state index is 14.3. The summed E-state index contributed by atoms with van der Waals surface area (Å²) in [4.78, 5) is 15.8. The molecule has 1 aromatic carbocycles. The molecule has 4 N–H and O–H groups in total. The number of nitrogens with zero attached hydrogens (tertiary/aromatic N) is 2. The van der Waals surface area contributed by atoms with Gasteiger partial charge in [0.1, 0.15) is 12.2 Å². The zero-order valence-corrected chi connectivity index (χ0v) is 23.1. The first kappa shape index (κ1) is 30.2. The van der Waals surface area contributed by atoms with E-state index in [4.69, 9.17) is 4.52 Å². The van der Waals surface area contributed by atoms with Crippen LogP contribution in [0.2, 0.25) is 0 Å². The fraction of sp³-hybridized carbons (Fsp3) is 0.542. The van der Waals surface area contributed by atoms with Gasteiger partial charge in [0.25, 0.3) is 5.89 Å². The number of anilines is 1. The van der Waals surface area contributed by atoms with Crippen molar-refractivity contribution in [2.75, 3.05) is 25.0 Å². The summed E-state index contributed by atoms with van der Waals surface area (Å²) in [5.41, 5.74) is -3.99. The maximum Gasteiger partial charge on any atom is 0.446 e. The van der Waals surface area contributed by atoms with Crippen LogP contribution in [0.3, 0.4) is 0 Å². The monoisotopic (exact) mass is 610 g/mol. The Labute approximate surface area is 234 Å². The van der Waals surface area contributed by atoms with Gasteiger partial charge in [-0.15, -0.1) is 11.3 Å². The van der Waals surface area contributed by atoms with E-state index < -0.39 is 36.2 Å². The van der Waals surface area contributed by atoms with Gasteiger partial charge in [-0.25, -0.2) is 18.0 Å². The fourth-order valence-corrected chi connectivity index (χ4v) is 6.29. The number of alkyl halides is 6. The Morgan fingerprint density at radius 1 is 1.25 bits per heavy atom. The third-order valence-corrected chi connectivity index (χ3v) is 8.22. The van der Waals surface area contributed by atoms with E-state index in [0.717, 1.165) is 11.3 Å². The molecule has 0 radical (unpaired) electrons. The molecule has 0 aliphatic carbocycles. The van der Waals surface area contributed by atoms with Crippen molar-refractivity contribution in [2.24, 2.45) is 5.92 Å². The zero-order valence-electron chi connectivity index (χ0n) is 21.4. The van der Waals surface area contributed by atoms with Crippen molar-refractivity contribution in [3.8, 4) is 10.7 Å². The highest BCUT2D eigenvalue weighted by Gasteiger charge is 2.35. The number of urea groups is 1. The van der Waals surface area contributed by atoms with E-state index in [1.54, 1.807) is 32.0 Å². The van der Waals surface area contributed by atoms with Gasteiger partial charge in [0.2, 0.25) is 12.2 Å². The number of rotatable bonds is 7. The maximum atomic E-state index is 14.3.